The first-order valence-corrected chi connectivity index (χ1v) is 5.50. The third-order valence-corrected chi connectivity index (χ3v) is 3.32. The average Bonchev–Trinajstić information content (AvgIpc) is 2.24. The number of benzene rings is 1. The summed E-state index contributed by atoms with van der Waals surface area (Å²) in [6, 6.07) is 1.82. The van der Waals surface area contributed by atoms with Crippen molar-refractivity contribution >= 4 is 0 Å². The first-order chi connectivity index (χ1) is 7.53. The van der Waals surface area contributed by atoms with Gasteiger partial charge < -0.3 is 10.8 Å². The van der Waals surface area contributed by atoms with Crippen molar-refractivity contribution in [2.45, 2.75) is 37.6 Å². The predicted octanol–water partition coefficient (Wildman–Crippen LogP) is 2.79. The van der Waals surface area contributed by atoms with Gasteiger partial charge in [0.2, 0.25) is 0 Å². The minimum atomic E-state index is -0.944. The van der Waals surface area contributed by atoms with E-state index < -0.39 is 22.9 Å². The Labute approximate surface area is 93.1 Å². The highest BCUT2D eigenvalue weighted by molar-refractivity contribution is 5.35. The Hall–Kier alpha value is -1.16. The SMILES string of the molecule is NC1(c2cc(O)c(F)cc2F)CCCCC1. The van der Waals surface area contributed by atoms with Crippen molar-refractivity contribution in [3.05, 3.63) is 29.3 Å². The lowest BCUT2D eigenvalue weighted by atomic mass is 9.77. The second-order valence-corrected chi connectivity index (χ2v) is 4.50. The molecule has 0 saturated heterocycles. The first kappa shape index (κ1) is 11.3. The van der Waals surface area contributed by atoms with Gasteiger partial charge in [0.25, 0.3) is 0 Å². The van der Waals surface area contributed by atoms with Gasteiger partial charge in [0.15, 0.2) is 11.6 Å². The summed E-state index contributed by atoms with van der Waals surface area (Å²) in [5.41, 5.74) is 5.60. The summed E-state index contributed by atoms with van der Waals surface area (Å²) in [4.78, 5) is 0. The van der Waals surface area contributed by atoms with Crippen LogP contribution in [0.25, 0.3) is 0 Å². The second-order valence-electron chi connectivity index (χ2n) is 4.50. The molecule has 1 aromatic carbocycles. The van der Waals surface area contributed by atoms with Gasteiger partial charge in [-0.05, 0) is 18.9 Å². The van der Waals surface area contributed by atoms with E-state index in [2.05, 4.69) is 0 Å². The Morgan fingerprint density at radius 2 is 1.69 bits per heavy atom. The summed E-state index contributed by atoms with van der Waals surface area (Å²) < 4.78 is 26.5. The number of rotatable bonds is 1. The molecule has 88 valence electrons. The van der Waals surface area contributed by atoms with E-state index in [9.17, 15) is 13.9 Å². The van der Waals surface area contributed by atoms with Gasteiger partial charge in [-0.25, -0.2) is 8.78 Å². The normalized spacial score (nSPS) is 19.7. The van der Waals surface area contributed by atoms with Crippen LogP contribution in [0, 0.1) is 11.6 Å². The van der Waals surface area contributed by atoms with Gasteiger partial charge in [-0.3, -0.25) is 0 Å². The van der Waals surface area contributed by atoms with Crippen LogP contribution in [0.4, 0.5) is 8.78 Å². The monoisotopic (exact) mass is 227 g/mol. The molecule has 0 amide bonds. The fourth-order valence-corrected chi connectivity index (χ4v) is 2.37. The van der Waals surface area contributed by atoms with Crippen LogP contribution in [0.2, 0.25) is 0 Å². The van der Waals surface area contributed by atoms with E-state index in [4.69, 9.17) is 5.73 Å². The largest absolute Gasteiger partial charge is 0.505 e. The molecule has 1 saturated carbocycles. The van der Waals surface area contributed by atoms with E-state index in [1.807, 2.05) is 0 Å². The lowest BCUT2D eigenvalue weighted by Crippen LogP contribution is -2.39. The van der Waals surface area contributed by atoms with Crippen LogP contribution in [-0.2, 0) is 5.54 Å². The van der Waals surface area contributed by atoms with Crippen LogP contribution in [-0.4, -0.2) is 5.11 Å². The molecule has 0 bridgehead atoms. The van der Waals surface area contributed by atoms with Crippen LogP contribution in [0.15, 0.2) is 12.1 Å². The number of hydrogen-bond donors (Lipinski definition) is 2. The fourth-order valence-electron chi connectivity index (χ4n) is 2.37. The van der Waals surface area contributed by atoms with Crippen LogP contribution >= 0.6 is 0 Å². The van der Waals surface area contributed by atoms with Gasteiger partial charge in [-0.1, -0.05) is 19.3 Å². The van der Waals surface area contributed by atoms with Crippen LogP contribution in [0.3, 0.4) is 0 Å². The minimum absolute atomic E-state index is 0.228. The molecule has 0 aliphatic heterocycles. The Balaban J connectivity index is 2.42. The number of aromatic hydroxyl groups is 1. The third-order valence-electron chi connectivity index (χ3n) is 3.32. The Morgan fingerprint density at radius 1 is 1.06 bits per heavy atom. The summed E-state index contributed by atoms with van der Waals surface area (Å²) in [6.45, 7) is 0. The smallest absolute Gasteiger partial charge is 0.167 e. The van der Waals surface area contributed by atoms with Gasteiger partial charge in [0.1, 0.15) is 5.82 Å². The van der Waals surface area contributed by atoms with Crippen molar-refractivity contribution in [2.24, 2.45) is 5.73 Å². The van der Waals surface area contributed by atoms with Crippen LogP contribution in [0.5, 0.6) is 5.75 Å². The highest BCUT2D eigenvalue weighted by Crippen LogP contribution is 2.37. The molecule has 1 fully saturated rings. The molecule has 1 aliphatic rings. The van der Waals surface area contributed by atoms with Gasteiger partial charge in [0, 0.05) is 17.2 Å². The molecule has 16 heavy (non-hydrogen) atoms. The Kier molecular flexibility index (Phi) is 2.84. The maximum atomic E-state index is 13.6. The van der Waals surface area contributed by atoms with Gasteiger partial charge >= 0.3 is 0 Å². The molecule has 0 atom stereocenters. The molecule has 4 heteroatoms. The van der Waals surface area contributed by atoms with Gasteiger partial charge in [0.05, 0.1) is 0 Å². The molecule has 0 radical (unpaired) electrons. The lowest BCUT2D eigenvalue weighted by molar-refractivity contribution is 0.290. The maximum Gasteiger partial charge on any atom is 0.167 e. The number of phenols is 1. The molecular formula is C12H15F2NO. The average molecular weight is 227 g/mol. The summed E-state index contributed by atoms with van der Waals surface area (Å²) >= 11 is 0. The predicted molar refractivity (Wildman–Crippen MR) is 57.0 cm³/mol. The fraction of sp³-hybridized carbons (Fsp3) is 0.500. The number of phenolic OH excluding ortho intramolecular Hbond substituents is 1. The van der Waals surface area contributed by atoms with Crippen molar-refractivity contribution in [1.29, 1.82) is 0 Å². The minimum Gasteiger partial charge on any atom is -0.505 e. The molecule has 1 aromatic rings. The van der Waals surface area contributed by atoms with Gasteiger partial charge in [-0.2, -0.15) is 0 Å². The number of halogens is 2. The standard InChI is InChI=1S/C12H15F2NO/c13-9-7-10(14)11(16)6-8(9)12(15)4-2-1-3-5-12/h6-7,16H,1-5,15H2. The molecular weight excluding hydrogens is 212 g/mol. The third kappa shape index (κ3) is 1.89. The topological polar surface area (TPSA) is 46.2 Å². The summed E-state index contributed by atoms with van der Waals surface area (Å²) in [5.74, 6) is -2.15. The van der Waals surface area contributed by atoms with Gasteiger partial charge in [-0.15, -0.1) is 0 Å². The van der Waals surface area contributed by atoms with E-state index in [0.717, 1.165) is 25.3 Å². The van der Waals surface area contributed by atoms with E-state index in [0.29, 0.717) is 18.9 Å². The molecule has 0 heterocycles. The summed E-state index contributed by atoms with van der Waals surface area (Å²) in [7, 11) is 0. The summed E-state index contributed by atoms with van der Waals surface area (Å²) in [6.07, 6.45) is 4.32. The second kappa shape index (κ2) is 4.01. The van der Waals surface area contributed by atoms with Crippen molar-refractivity contribution < 1.29 is 13.9 Å². The molecule has 2 rings (SSSR count). The van der Waals surface area contributed by atoms with Crippen molar-refractivity contribution in [2.75, 3.05) is 0 Å². The molecule has 0 spiro atoms. The summed E-state index contributed by atoms with van der Waals surface area (Å²) in [5, 5.41) is 9.27. The zero-order valence-electron chi connectivity index (χ0n) is 8.97. The number of hydrogen-bond acceptors (Lipinski definition) is 2. The molecule has 0 unspecified atom stereocenters. The Morgan fingerprint density at radius 3 is 2.31 bits per heavy atom. The van der Waals surface area contributed by atoms with Crippen molar-refractivity contribution in [3.63, 3.8) is 0 Å². The highest BCUT2D eigenvalue weighted by atomic mass is 19.1. The molecule has 0 aromatic heterocycles. The van der Waals surface area contributed by atoms with E-state index >= 15 is 0 Å². The van der Waals surface area contributed by atoms with Crippen molar-refractivity contribution in [3.8, 4) is 5.75 Å². The van der Waals surface area contributed by atoms with Crippen molar-refractivity contribution in [1.82, 2.24) is 0 Å². The lowest BCUT2D eigenvalue weighted by Gasteiger charge is -2.34. The van der Waals surface area contributed by atoms with Crippen LogP contribution < -0.4 is 5.73 Å². The zero-order valence-corrected chi connectivity index (χ0v) is 8.97. The first-order valence-electron chi connectivity index (χ1n) is 5.50. The molecule has 2 nitrogen and oxygen atoms in total. The highest BCUT2D eigenvalue weighted by Gasteiger charge is 2.32. The maximum absolute atomic E-state index is 13.6. The quantitative estimate of drug-likeness (QED) is 0.775. The van der Waals surface area contributed by atoms with Crippen LogP contribution in [0.1, 0.15) is 37.7 Å². The Bertz CT molecular complexity index is 400. The zero-order chi connectivity index (χ0) is 11.8. The van der Waals surface area contributed by atoms with E-state index in [1.165, 1.54) is 0 Å². The van der Waals surface area contributed by atoms with E-state index in [-0.39, 0.29) is 5.56 Å². The number of nitrogens with two attached hydrogens (primary N) is 1. The van der Waals surface area contributed by atoms with E-state index in [1.54, 1.807) is 0 Å². The molecule has 1 aliphatic carbocycles. The molecule has 3 N–H and O–H groups in total.